The van der Waals surface area contributed by atoms with Gasteiger partial charge in [0.15, 0.2) is 5.13 Å². The molecule has 1 aromatic heterocycles. The molecule has 3 N–H and O–H groups in total. The van der Waals surface area contributed by atoms with Crippen LogP contribution in [0.4, 0.5) is 5.13 Å². The second-order valence-electron chi connectivity index (χ2n) is 3.06. The fourth-order valence-corrected chi connectivity index (χ4v) is 1.71. The molecular weight excluding hydrogens is 210 g/mol. The van der Waals surface area contributed by atoms with Gasteiger partial charge in [-0.3, -0.25) is 4.79 Å². The Kier molecular flexibility index (Phi) is 4.30. The second kappa shape index (κ2) is 5.50. The summed E-state index contributed by atoms with van der Waals surface area (Å²) in [4.78, 5) is 15.7. The number of nitrogens with two attached hydrogens (primary N) is 1. The van der Waals surface area contributed by atoms with Gasteiger partial charge in [-0.2, -0.15) is 0 Å². The summed E-state index contributed by atoms with van der Waals surface area (Å²) in [6.45, 7) is 2.06. The molecule has 0 aliphatic rings. The molecule has 0 aromatic carbocycles. The quantitative estimate of drug-likeness (QED) is 0.766. The second-order valence-corrected chi connectivity index (χ2v) is 3.95. The number of rotatable bonds is 4. The summed E-state index contributed by atoms with van der Waals surface area (Å²) in [6, 6.07) is 0. The Balaban J connectivity index is 2.95. The minimum Gasteiger partial charge on any atom is -0.375 e. The zero-order valence-corrected chi connectivity index (χ0v) is 9.73. The molecule has 0 bridgehead atoms. The molecule has 0 radical (unpaired) electrons. The Hall–Kier alpha value is -1.36. The summed E-state index contributed by atoms with van der Waals surface area (Å²) >= 11 is 1.34. The number of thiazole rings is 1. The van der Waals surface area contributed by atoms with Gasteiger partial charge in [-0.25, -0.2) is 4.98 Å². The number of hydrogen-bond donors (Lipinski definition) is 2. The van der Waals surface area contributed by atoms with E-state index in [9.17, 15) is 4.79 Å². The van der Waals surface area contributed by atoms with Crippen molar-refractivity contribution in [2.75, 3.05) is 12.8 Å². The highest BCUT2D eigenvalue weighted by atomic mass is 32.1. The monoisotopic (exact) mass is 225 g/mol. The summed E-state index contributed by atoms with van der Waals surface area (Å²) < 4.78 is 0. The summed E-state index contributed by atoms with van der Waals surface area (Å²) in [5.74, 6) is -0.117. The number of carbonyl (C=O) groups is 1. The van der Waals surface area contributed by atoms with Crippen molar-refractivity contribution in [3.8, 4) is 0 Å². The lowest BCUT2D eigenvalue weighted by Gasteiger charge is -2.02. The first kappa shape index (κ1) is 11.7. The third kappa shape index (κ3) is 3.06. The predicted molar refractivity (Wildman–Crippen MR) is 63.5 cm³/mol. The minimum atomic E-state index is -0.117. The Morgan fingerprint density at radius 1 is 1.73 bits per heavy atom. The van der Waals surface area contributed by atoms with Crippen molar-refractivity contribution in [1.29, 1.82) is 0 Å². The molecule has 15 heavy (non-hydrogen) atoms. The molecule has 5 heteroatoms. The van der Waals surface area contributed by atoms with E-state index in [1.807, 2.05) is 6.08 Å². The molecule has 0 saturated carbocycles. The normalized spacial score (nSPS) is 11.5. The van der Waals surface area contributed by atoms with E-state index in [-0.39, 0.29) is 5.91 Å². The van der Waals surface area contributed by atoms with Crippen molar-refractivity contribution in [1.82, 2.24) is 10.3 Å². The highest BCUT2D eigenvalue weighted by molar-refractivity contribution is 7.13. The molecule has 0 saturated heterocycles. The molecule has 1 heterocycles. The third-order valence-corrected chi connectivity index (χ3v) is 2.58. The molecule has 4 nitrogen and oxygen atoms in total. The molecule has 0 aliphatic heterocycles. The number of anilines is 1. The number of nitrogen functional groups attached to an aromatic ring is 1. The average Bonchev–Trinajstić information content (AvgIpc) is 2.65. The number of carbonyl (C=O) groups excluding carboxylic acids is 1. The summed E-state index contributed by atoms with van der Waals surface area (Å²) in [5.41, 5.74) is 6.80. The maximum atomic E-state index is 11.6. The molecule has 82 valence electrons. The van der Waals surface area contributed by atoms with Crippen LogP contribution in [0.2, 0.25) is 0 Å². The van der Waals surface area contributed by atoms with Crippen LogP contribution in [0.15, 0.2) is 11.5 Å². The van der Waals surface area contributed by atoms with Crippen LogP contribution < -0.4 is 11.1 Å². The average molecular weight is 225 g/mol. The number of nitrogens with one attached hydrogen (secondary N) is 1. The number of allylic oxidation sites excluding steroid dienone is 1. The molecule has 0 atom stereocenters. The van der Waals surface area contributed by atoms with Gasteiger partial charge in [-0.05, 0) is 6.42 Å². The van der Waals surface area contributed by atoms with E-state index < -0.39 is 0 Å². The third-order valence-electron chi connectivity index (χ3n) is 1.91. The summed E-state index contributed by atoms with van der Waals surface area (Å²) in [7, 11) is 1.61. The van der Waals surface area contributed by atoms with Crippen molar-refractivity contribution >= 4 is 27.9 Å². The van der Waals surface area contributed by atoms with E-state index in [1.54, 1.807) is 12.4 Å². The van der Waals surface area contributed by atoms with Gasteiger partial charge in [0.1, 0.15) is 0 Å². The molecule has 1 aromatic rings. The van der Waals surface area contributed by atoms with E-state index in [0.717, 1.165) is 12.8 Å². The first-order chi connectivity index (χ1) is 7.19. The smallest absolute Gasteiger partial charge is 0.252 e. The first-order valence-electron chi connectivity index (χ1n) is 4.82. The Morgan fingerprint density at radius 2 is 2.47 bits per heavy atom. The van der Waals surface area contributed by atoms with Crippen molar-refractivity contribution in [2.24, 2.45) is 0 Å². The van der Waals surface area contributed by atoms with Crippen LogP contribution in [0.3, 0.4) is 0 Å². The summed E-state index contributed by atoms with van der Waals surface area (Å²) in [5, 5.41) is 4.88. The Morgan fingerprint density at radius 3 is 2.93 bits per heavy atom. The van der Waals surface area contributed by atoms with E-state index in [4.69, 9.17) is 5.73 Å². The highest BCUT2D eigenvalue weighted by Gasteiger charge is 2.12. The topological polar surface area (TPSA) is 68.0 Å². The fraction of sp³-hybridized carbons (Fsp3) is 0.400. The summed E-state index contributed by atoms with van der Waals surface area (Å²) in [6.07, 6.45) is 3.76. The maximum absolute atomic E-state index is 11.6. The van der Waals surface area contributed by atoms with E-state index in [0.29, 0.717) is 16.4 Å². The zero-order chi connectivity index (χ0) is 11.3. The number of nitrogens with zero attached hydrogens (tertiary/aromatic N) is 1. The molecule has 1 amide bonds. The zero-order valence-electron chi connectivity index (χ0n) is 8.91. The van der Waals surface area contributed by atoms with Gasteiger partial charge < -0.3 is 11.1 Å². The molecule has 0 fully saturated rings. The predicted octanol–water partition coefficient (Wildman–Crippen LogP) is 1.65. The van der Waals surface area contributed by atoms with Crippen molar-refractivity contribution in [2.45, 2.75) is 19.8 Å². The number of likely N-dealkylation sites (N-methyl/N-ethyl adjacent to an activating group) is 1. The lowest BCUT2D eigenvalue weighted by Crippen LogP contribution is -2.19. The standard InChI is InChI=1S/C10H15N3OS/c1-3-4-5-7(9(14)12-2)8-6-15-10(11)13-8/h5-6H,3-4H2,1-2H3,(H2,11,13)(H,12,14)/b7-5-. The van der Waals surface area contributed by atoms with Gasteiger partial charge in [-0.1, -0.05) is 19.4 Å². The van der Waals surface area contributed by atoms with E-state index >= 15 is 0 Å². The highest BCUT2D eigenvalue weighted by Crippen LogP contribution is 2.20. The van der Waals surface area contributed by atoms with Crippen molar-refractivity contribution < 1.29 is 4.79 Å². The van der Waals surface area contributed by atoms with Crippen LogP contribution in [-0.4, -0.2) is 17.9 Å². The van der Waals surface area contributed by atoms with Crippen molar-refractivity contribution in [3.05, 3.63) is 17.2 Å². The van der Waals surface area contributed by atoms with Crippen LogP contribution in [0, 0.1) is 0 Å². The SMILES string of the molecule is CCC/C=C(\C(=O)NC)c1csc(N)n1. The van der Waals surface area contributed by atoms with Crippen LogP contribution in [0.25, 0.3) is 5.57 Å². The molecule has 1 rings (SSSR count). The van der Waals surface area contributed by atoms with Crippen LogP contribution in [-0.2, 0) is 4.79 Å². The van der Waals surface area contributed by atoms with Crippen LogP contribution >= 0.6 is 11.3 Å². The van der Waals surface area contributed by atoms with Gasteiger partial charge >= 0.3 is 0 Å². The maximum Gasteiger partial charge on any atom is 0.252 e. The molecular formula is C10H15N3OS. The van der Waals surface area contributed by atoms with E-state index in [2.05, 4.69) is 17.2 Å². The lowest BCUT2D eigenvalue weighted by molar-refractivity contribution is -0.115. The number of hydrogen-bond acceptors (Lipinski definition) is 4. The van der Waals surface area contributed by atoms with Crippen molar-refractivity contribution in [3.63, 3.8) is 0 Å². The Bertz CT molecular complexity index is 370. The molecule has 0 unspecified atom stereocenters. The first-order valence-corrected chi connectivity index (χ1v) is 5.70. The largest absolute Gasteiger partial charge is 0.375 e. The number of amides is 1. The molecule has 0 aliphatic carbocycles. The van der Waals surface area contributed by atoms with Crippen LogP contribution in [0.1, 0.15) is 25.5 Å². The van der Waals surface area contributed by atoms with Gasteiger partial charge in [0, 0.05) is 12.4 Å². The minimum absolute atomic E-state index is 0.117. The van der Waals surface area contributed by atoms with E-state index in [1.165, 1.54) is 11.3 Å². The van der Waals surface area contributed by atoms with Gasteiger partial charge in [0.25, 0.3) is 5.91 Å². The fourth-order valence-electron chi connectivity index (χ4n) is 1.15. The van der Waals surface area contributed by atoms with Gasteiger partial charge in [0.2, 0.25) is 0 Å². The number of unbranched alkanes of at least 4 members (excludes halogenated alkanes) is 1. The number of aromatic nitrogens is 1. The molecule has 0 spiro atoms. The van der Waals surface area contributed by atoms with Gasteiger partial charge in [0.05, 0.1) is 11.3 Å². The lowest BCUT2D eigenvalue weighted by atomic mass is 10.1. The van der Waals surface area contributed by atoms with Gasteiger partial charge in [-0.15, -0.1) is 11.3 Å². The van der Waals surface area contributed by atoms with Crippen LogP contribution in [0.5, 0.6) is 0 Å². The Labute approximate surface area is 93.2 Å².